The maximum Gasteiger partial charge on any atom is 0.248 e. The molecule has 4 aromatic rings. The molecule has 0 saturated heterocycles. The fourth-order valence-electron chi connectivity index (χ4n) is 3.52. The van der Waals surface area contributed by atoms with Gasteiger partial charge in [-0.2, -0.15) is 10.2 Å². The molecular formula is C23H22N6O2S. The Balaban J connectivity index is 1.63. The number of aryl methyl sites for hydroxylation is 1. The number of amides is 1. The van der Waals surface area contributed by atoms with Crippen molar-refractivity contribution in [3.05, 3.63) is 77.1 Å². The van der Waals surface area contributed by atoms with E-state index in [4.69, 9.17) is 5.73 Å². The predicted molar refractivity (Wildman–Crippen MR) is 125 cm³/mol. The molecule has 0 spiro atoms. The lowest BCUT2D eigenvalue weighted by molar-refractivity contribution is 0.0999. The number of nitrogens with one attached hydrogen (secondary N) is 1. The van der Waals surface area contributed by atoms with Crippen LogP contribution in [0.5, 0.6) is 0 Å². The van der Waals surface area contributed by atoms with Gasteiger partial charge in [-0.3, -0.25) is 19.7 Å². The normalized spacial score (nSPS) is 11.3. The minimum atomic E-state index is -0.465. The van der Waals surface area contributed by atoms with E-state index in [2.05, 4.69) is 15.3 Å². The Morgan fingerprint density at radius 3 is 2.84 bits per heavy atom. The lowest BCUT2D eigenvalue weighted by Crippen LogP contribution is -2.14. The fraction of sp³-hybridized carbons (Fsp3) is 0.130. The second-order valence-electron chi connectivity index (χ2n) is 7.30. The van der Waals surface area contributed by atoms with Crippen molar-refractivity contribution in [3.8, 4) is 0 Å². The molecule has 2 aromatic heterocycles. The van der Waals surface area contributed by atoms with Gasteiger partial charge < -0.3 is 10.3 Å². The molecule has 0 radical (unpaired) electrons. The van der Waals surface area contributed by atoms with Gasteiger partial charge in [0.2, 0.25) is 5.91 Å². The molecule has 2 aromatic carbocycles. The summed E-state index contributed by atoms with van der Waals surface area (Å²) >= 11 is 1.56. The summed E-state index contributed by atoms with van der Waals surface area (Å²) in [4.78, 5) is 24.3. The van der Waals surface area contributed by atoms with Crippen LogP contribution < -0.4 is 5.73 Å². The third-order valence-electron chi connectivity index (χ3n) is 5.08. The Hall–Kier alpha value is -3.85. The standard InChI is InChI=1S/C23H22N6O2S/c1-28(13-15-4-3-5-16(10-15)23(24)31)26-12-19-18-11-17(32-22-8-9-25-27-22)6-7-20(18)29(2)21(19)14-30/h3-12,14H,13H2,1-2H3,(H2,24,31)(H,25,27)/b26-12-. The van der Waals surface area contributed by atoms with Gasteiger partial charge in [-0.25, -0.2) is 0 Å². The summed E-state index contributed by atoms with van der Waals surface area (Å²) in [6.07, 6.45) is 4.26. The molecule has 1 amide bonds. The van der Waals surface area contributed by atoms with Crippen molar-refractivity contribution in [1.82, 2.24) is 19.8 Å². The van der Waals surface area contributed by atoms with E-state index >= 15 is 0 Å². The molecule has 0 aliphatic heterocycles. The van der Waals surface area contributed by atoms with Crippen molar-refractivity contribution >= 4 is 41.1 Å². The summed E-state index contributed by atoms with van der Waals surface area (Å²) in [5.41, 5.74) is 8.98. The molecule has 0 saturated carbocycles. The van der Waals surface area contributed by atoms with Crippen LogP contribution in [-0.4, -0.2) is 45.2 Å². The van der Waals surface area contributed by atoms with Gasteiger partial charge in [0.25, 0.3) is 0 Å². The van der Waals surface area contributed by atoms with Crippen molar-refractivity contribution < 1.29 is 9.59 Å². The van der Waals surface area contributed by atoms with Gasteiger partial charge in [0.1, 0.15) is 0 Å². The number of fused-ring (bicyclic) bond motifs is 1. The van der Waals surface area contributed by atoms with Crippen LogP contribution in [0, 0.1) is 0 Å². The lowest BCUT2D eigenvalue weighted by atomic mass is 10.1. The number of hydrogen-bond donors (Lipinski definition) is 2. The van der Waals surface area contributed by atoms with Crippen LogP contribution in [0.3, 0.4) is 0 Å². The third-order valence-corrected chi connectivity index (χ3v) is 6.02. The maximum absolute atomic E-state index is 11.8. The number of carbonyl (C=O) groups is 2. The monoisotopic (exact) mass is 446 g/mol. The smallest absolute Gasteiger partial charge is 0.248 e. The first-order valence-corrected chi connectivity index (χ1v) is 10.7. The highest BCUT2D eigenvalue weighted by Gasteiger charge is 2.15. The van der Waals surface area contributed by atoms with Gasteiger partial charge in [-0.15, -0.1) is 0 Å². The number of nitrogens with two attached hydrogens (primary N) is 1. The molecule has 0 unspecified atom stereocenters. The van der Waals surface area contributed by atoms with Gasteiger partial charge in [0.05, 0.1) is 23.5 Å². The zero-order chi connectivity index (χ0) is 22.7. The number of rotatable bonds is 8. The van der Waals surface area contributed by atoms with Crippen molar-refractivity contribution in [2.75, 3.05) is 7.05 Å². The van der Waals surface area contributed by atoms with E-state index in [1.165, 1.54) is 0 Å². The Kier molecular flexibility index (Phi) is 6.09. The van der Waals surface area contributed by atoms with Gasteiger partial charge in [0, 0.05) is 47.2 Å². The largest absolute Gasteiger partial charge is 0.366 e. The minimum Gasteiger partial charge on any atom is -0.366 e. The van der Waals surface area contributed by atoms with Gasteiger partial charge in [-0.1, -0.05) is 23.9 Å². The summed E-state index contributed by atoms with van der Waals surface area (Å²) in [6, 6.07) is 15.1. The van der Waals surface area contributed by atoms with Crippen LogP contribution in [0.2, 0.25) is 0 Å². The topological polar surface area (TPSA) is 109 Å². The van der Waals surface area contributed by atoms with E-state index in [9.17, 15) is 9.59 Å². The molecule has 0 bridgehead atoms. The number of carbonyl (C=O) groups excluding carboxylic acids is 2. The number of hydrazone groups is 1. The highest BCUT2D eigenvalue weighted by molar-refractivity contribution is 7.99. The van der Waals surface area contributed by atoms with Crippen LogP contribution >= 0.6 is 11.8 Å². The molecule has 162 valence electrons. The van der Waals surface area contributed by atoms with Gasteiger partial charge in [0.15, 0.2) is 6.29 Å². The van der Waals surface area contributed by atoms with E-state index in [-0.39, 0.29) is 0 Å². The third kappa shape index (κ3) is 4.42. The molecule has 4 rings (SSSR count). The predicted octanol–water partition coefficient (Wildman–Crippen LogP) is 3.43. The minimum absolute atomic E-state index is 0.458. The summed E-state index contributed by atoms with van der Waals surface area (Å²) in [7, 11) is 3.70. The first-order valence-electron chi connectivity index (χ1n) is 9.85. The van der Waals surface area contributed by atoms with Crippen LogP contribution in [0.25, 0.3) is 10.9 Å². The van der Waals surface area contributed by atoms with Crippen LogP contribution in [0.15, 0.2) is 69.8 Å². The van der Waals surface area contributed by atoms with E-state index in [0.29, 0.717) is 17.8 Å². The molecule has 3 N–H and O–H groups in total. The molecule has 0 aliphatic rings. The average molecular weight is 447 g/mol. The lowest BCUT2D eigenvalue weighted by Gasteiger charge is -2.13. The number of benzene rings is 2. The second kappa shape index (κ2) is 9.11. The second-order valence-corrected chi connectivity index (χ2v) is 8.42. The fourth-order valence-corrected chi connectivity index (χ4v) is 4.32. The van der Waals surface area contributed by atoms with E-state index in [1.807, 2.05) is 49.0 Å². The highest BCUT2D eigenvalue weighted by atomic mass is 32.2. The maximum atomic E-state index is 11.8. The molecule has 0 fully saturated rings. The van der Waals surface area contributed by atoms with Crippen LogP contribution in [-0.2, 0) is 13.6 Å². The molecule has 32 heavy (non-hydrogen) atoms. The highest BCUT2D eigenvalue weighted by Crippen LogP contribution is 2.31. The van der Waals surface area contributed by atoms with E-state index in [0.717, 1.165) is 38.2 Å². The van der Waals surface area contributed by atoms with Crippen molar-refractivity contribution in [2.45, 2.75) is 16.5 Å². The summed E-state index contributed by atoms with van der Waals surface area (Å²) < 4.78 is 1.87. The molecule has 9 heteroatoms. The summed E-state index contributed by atoms with van der Waals surface area (Å²) in [5.74, 6) is -0.465. The Morgan fingerprint density at radius 1 is 1.28 bits per heavy atom. The zero-order valence-corrected chi connectivity index (χ0v) is 18.5. The number of aromatic nitrogens is 3. The summed E-state index contributed by atoms with van der Waals surface area (Å²) in [6.45, 7) is 0.486. The number of aldehydes is 1. The van der Waals surface area contributed by atoms with E-state index in [1.54, 1.807) is 47.4 Å². The number of aromatic amines is 1. The quantitative estimate of drug-likeness (QED) is 0.245. The zero-order valence-electron chi connectivity index (χ0n) is 17.6. The van der Waals surface area contributed by atoms with Gasteiger partial charge in [-0.05, 0) is 42.0 Å². The van der Waals surface area contributed by atoms with Crippen molar-refractivity contribution in [2.24, 2.45) is 17.9 Å². The SMILES string of the molecule is CN(Cc1cccc(C(N)=O)c1)/N=C\c1c(C=O)n(C)c2ccc(Sc3ccn[nH]3)cc12. The molecule has 8 nitrogen and oxygen atoms in total. The molecule has 0 atom stereocenters. The van der Waals surface area contributed by atoms with E-state index < -0.39 is 5.91 Å². The summed E-state index contributed by atoms with van der Waals surface area (Å²) in [5, 5.41) is 15.1. The van der Waals surface area contributed by atoms with Crippen LogP contribution in [0.4, 0.5) is 0 Å². The number of primary amides is 1. The van der Waals surface area contributed by atoms with Crippen LogP contribution in [0.1, 0.15) is 32.0 Å². The Bertz CT molecular complexity index is 1310. The molecule has 0 aliphatic carbocycles. The molecule has 2 heterocycles. The first kappa shape index (κ1) is 21.4. The Labute approximate surface area is 189 Å². The first-order chi connectivity index (χ1) is 15.5. The Morgan fingerprint density at radius 2 is 2.12 bits per heavy atom. The number of hydrogen-bond acceptors (Lipinski definition) is 6. The average Bonchev–Trinajstić information content (AvgIpc) is 3.38. The number of H-pyrrole nitrogens is 1. The number of nitrogens with zero attached hydrogens (tertiary/aromatic N) is 4. The van der Waals surface area contributed by atoms with Gasteiger partial charge >= 0.3 is 0 Å². The van der Waals surface area contributed by atoms with Crippen molar-refractivity contribution in [1.29, 1.82) is 0 Å². The molecular weight excluding hydrogens is 424 g/mol. The van der Waals surface area contributed by atoms with Crippen molar-refractivity contribution in [3.63, 3.8) is 0 Å².